The number of nitrogens with zero attached hydrogens (tertiary/aromatic N) is 3. The summed E-state index contributed by atoms with van der Waals surface area (Å²) in [6, 6.07) is 8.60. The summed E-state index contributed by atoms with van der Waals surface area (Å²) < 4.78 is 14.4. The molecule has 1 unspecified atom stereocenters. The molecular formula is C33H52N3O5P. The van der Waals surface area contributed by atoms with Gasteiger partial charge in [0, 0.05) is 23.9 Å². The maximum Gasteiger partial charge on any atom is 0.310 e. The van der Waals surface area contributed by atoms with Crippen LogP contribution in [0.5, 0.6) is 5.75 Å². The smallest absolute Gasteiger partial charge is 0.310 e. The van der Waals surface area contributed by atoms with E-state index in [-0.39, 0.29) is 23.9 Å². The van der Waals surface area contributed by atoms with Crippen molar-refractivity contribution in [3.05, 3.63) is 63.7 Å². The van der Waals surface area contributed by atoms with Crippen molar-refractivity contribution in [1.82, 2.24) is 14.9 Å². The van der Waals surface area contributed by atoms with Crippen LogP contribution in [-0.2, 0) is 26.7 Å². The molecule has 2 rings (SSSR count). The van der Waals surface area contributed by atoms with Gasteiger partial charge in [0.2, 0.25) is 11.8 Å². The molecule has 0 saturated heterocycles. The number of carbonyl (C=O) groups is 2. The van der Waals surface area contributed by atoms with Gasteiger partial charge in [0.15, 0.2) is 0 Å². The fourth-order valence-electron chi connectivity index (χ4n) is 5.17. The first kappa shape index (κ1) is 35.5. The van der Waals surface area contributed by atoms with Gasteiger partial charge in [0.25, 0.3) is 0 Å². The van der Waals surface area contributed by atoms with Crippen LogP contribution >= 0.6 is 7.52 Å². The lowest BCUT2D eigenvalue weighted by atomic mass is 9.92. The van der Waals surface area contributed by atoms with Crippen molar-refractivity contribution in [1.29, 1.82) is 0 Å². The molecule has 2 amide bonds. The molecule has 2 aromatic carbocycles. The number of phenolic OH excluding ortho intramolecular Hbond substituents is 1. The number of hydrogen-bond donors (Lipinski definition) is 2. The van der Waals surface area contributed by atoms with E-state index in [1.165, 1.54) is 10.0 Å². The van der Waals surface area contributed by atoms with Gasteiger partial charge in [-0.2, -0.15) is 0 Å². The topological polar surface area (TPSA) is 101 Å². The van der Waals surface area contributed by atoms with E-state index in [2.05, 4.69) is 0 Å². The molecule has 0 aromatic heterocycles. The van der Waals surface area contributed by atoms with E-state index in [0.29, 0.717) is 17.7 Å². The third-order valence-electron chi connectivity index (χ3n) is 7.32. The lowest BCUT2D eigenvalue weighted by molar-refractivity contribution is -0.191. The van der Waals surface area contributed by atoms with E-state index in [4.69, 9.17) is 0 Å². The lowest BCUT2D eigenvalue weighted by Gasteiger charge is -2.47. The van der Waals surface area contributed by atoms with E-state index in [1.54, 1.807) is 61.5 Å². The Labute approximate surface area is 253 Å². The Morgan fingerprint density at radius 2 is 1.21 bits per heavy atom. The molecule has 234 valence electrons. The summed E-state index contributed by atoms with van der Waals surface area (Å²) in [4.78, 5) is 39.8. The van der Waals surface area contributed by atoms with Gasteiger partial charge in [-0.3, -0.25) is 14.2 Å². The quantitative estimate of drug-likeness (QED) is 0.195. The number of aryl methyl sites for hydroxylation is 2. The molecular weight excluding hydrogens is 549 g/mol. The van der Waals surface area contributed by atoms with Crippen LogP contribution in [0, 0.1) is 25.7 Å². The third-order valence-corrected chi connectivity index (χ3v) is 9.04. The molecule has 0 heterocycles. The molecule has 1 atom stereocenters. The molecule has 0 fully saturated rings. The summed E-state index contributed by atoms with van der Waals surface area (Å²) in [5.74, 6) is -1.08. The van der Waals surface area contributed by atoms with Crippen LogP contribution in [0.15, 0.2) is 30.3 Å². The number of amides is 2. The average molecular weight is 602 g/mol. The zero-order valence-electron chi connectivity index (χ0n) is 27.6. The maximum absolute atomic E-state index is 14.4. The van der Waals surface area contributed by atoms with Crippen molar-refractivity contribution in [2.45, 2.75) is 114 Å². The van der Waals surface area contributed by atoms with Crippen molar-refractivity contribution in [2.24, 2.45) is 11.8 Å². The molecule has 2 N–H and O–H groups in total. The Morgan fingerprint density at radius 3 is 1.60 bits per heavy atom. The standard InChI is InChI=1S/C33H52N3O5P/c1-20(2)29-17-27(13-14-31(29)37)18-30-25(11)15-28(16-26(30)12)19-42(40,41)36(34(23(7)8)32(38)21(3)4)35(24(9)10)33(39)22(5)6/h13-17,20-24,37H,18-19H2,1-12H3,(H,40,41). The SMILES string of the molecule is Cc1cc(CP(=O)(O)N(N(C(=O)C(C)C)C(C)C)N(C(=O)C(C)C)C(C)C)cc(C)c1Cc1ccc(O)c(C(C)C)c1. The minimum Gasteiger partial charge on any atom is -0.508 e. The van der Waals surface area contributed by atoms with Gasteiger partial charge in [-0.25, -0.2) is 10.0 Å². The molecule has 0 saturated carbocycles. The van der Waals surface area contributed by atoms with Gasteiger partial charge in [0.1, 0.15) is 5.75 Å². The molecule has 0 aliphatic heterocycles. The summed E-state index contributed by atoms with van der Waals surface area (Å²) >= 11 is 0. The van der Waals surface area contributed by atoms with Crippen LogP contribution in [0.4, 0.5) is 0 Å². The van der Waals surface area contributed by atoms with E-state index in [9.17, 15) is 24.2 Å². The van der Waals surface area contributed by atoms with Crippen molar-refractivity contribution in [3.8, 4) is 5.75 Å². The number of phenols is 1. The molecule has 0 aliphatic rings. The Morgan fingerprint density at radius 1 is 0.762 bits per heavy atom. The Balaban J connectivity index is 2.60. The van der Waals surface area contributed by atoms with E-state index < -0.39 is 31.4 Å². The highest BCUT2D eigenvalue weighted by Crippen LogP contribution is 2.52. The number of aromatic hydroxyl groups is 1. The second-order valence-corrected chi connectivity index (χ2v) is 14.9. The first-order chi connectivity index (χ1) is 19.3. The fraction of sp³-hybridized carbons (Fsp3) is 0.576. The first-order valence-corrected chi connectivity index (χ1v) is 16.8. The van der Waals surface area contributed by atoms with Crippen molar-refractivity contribution < 1.29 is 24.2 Å². The third kappa shape index (κ3) is 8.24. The zero-order valence-corrected chi connectivity index (χ0v) is 28.5. The molecule has 0 spiro atoms. The molecule has 2 aromatic rings. The Hall–Kier alpha value is -2.67. The monoisotopic (exact) mass is 601 g/mol. The fourth-order valence-corrected chi connectivity index (χ4v) is 7.14. The number of carbonyl (C=O) groups excluding carboxylic acids is 2. The highest BCUT2D eigenvalue weighted by Gasteiger charge is 2.45. The van der Waals surface area contributed by atoms with Crippen LogP contribution < -0.4 is 0 Å². The minimum absolute atomic E-state index is 0.192. The van der Waals surface area contributed by atoms with Crippen LogP contribution in [0.25, 0.3) is 0 Å². The van der Waals surface area contributed by atoms with Gasteiger partial charge in [-0.1, -0.05) is 65.8 Å². The van der Waals surface area contributed by atoms with Crippen LogP contribution in [0.2, 0.25) is 0 Å². The van der Waals surface area contributed by atoms with Gasteiger partial charge in [-0.15, -0.1) is 0 Å². The Kier molecular flexibility index (Phi) is 12.0. The largest absolute Gasteiger partial charge is 0.508 e. The normalized spacial score (nSPS) is 13.5. The van der Waals surface area contributed by atoms with Crippen molar-refractivity contribution >= 4 is 19.3 Å². The molecule has 0 aliphatic carbocycles. The number of rotatable bonds is 12. The summed E-state index contributed by atoms with van der Waals surface area (Å²) in [6.45, 7) is 22.2. The highest BCUT2D eigenvalue weighted by molar-refractivity contribution is 7.54. The zero-order chi connectivity index (χ0) is 32.3. The van der Waals surface area contributed by atoms with Gasteiger partial charge >= 0.3 is 7.52 Å². The summed E-state index contributed by atoms with van der Waals surface area (Å²) in [5.41, 5.74) is 5.70. The van der Waals surface area contributed by atoms with Crippen LogP contribution in [0.3, 0.4) is 0 Å². The summed E-state index contributed by atoms with van der Waals surface area (Å²) in [6.07, 6.45) is 0.420. The second-order valence-electron chi connectivity index (χ2n) is 12.9. The van der Waals surface area contributed by atoms with Crippen molar-refractivity contribution in [3.63, 3.8) is 0 Å². The molecule has 0 bridgehead atoms. The Bertz CT molecular complexity index is 1260. The second kappa shape index (κ2) is 14.2. The molecule has 0 radical (unpaired) electrons. The lowest BCUT2D eigenvalue weighted by Crippen LogP contribution is -2.61. The number of hydrazine groups is 2. The maximum atomic E-state index is 14.4. The molecule has 42 heavy (non-hydrogen) atoms. The number of hydrogen-bond acceptors (Lipinski definition) is 4. The van der Waals surface area contributed by atoms with E-state index in [0.717, 1.165) is 32.7 Å². The van der Waals surface area contributed by atoms with E-state index in [1.807, 2.05) is 52.0 Å². The highest BCUT2D eigenvalue weighted by atomic mass is 31.2. The van der Waals surface area contributed by atoms with Gasteiger partial charge < -0.3 is 10.00 Å². The van der Waals surface area contributed by atoms with Crippen LogP contribution in [-0.4, -0.2) is 48.8 Å². The molecule has 8 nitrogen and oxygen atoms in total. The van der Waals surface area contributed by atoms with Gasteiger partial charge in [-0.05, 0) is 98.2 Å². The van der Waals surface area contributed by atoms with Gasteiger partial charge in [0.05, 0.1) is 6.16 Å². The minimum atomic E-state index is -4.36. The molecule has 9 heteroatoms. The predicted molar refractivity (Wildman–Crippen MR) is 170 cm³/mol. The number of benzene rings is 2. The first-order valence-electron chi connectivity index (χ1n) is 15.0. The van der Waals surface area contributed by atoms with Crippen LogP contribution in [0.1, 0.15) is 109 Å². The van der Waals surface area contributed by atoms with E-state index >= 15 is 0 Å². The van der Waals surface area contributed by atoms with Crippen molar-refractivity contribution in [2.75, 3.05) is 0 Å². The average Bonchev–Trinajstić information content (AvgIpc) is 2.85. The predicted octanol–water partition coefficient (Wildman–Crippen LogP) is 7.33. The summed E-state index contributed by atoms with van der Waals surface area (Å²) in [7, 11) is -4.36. The summed E-state index contributed by atoms with van der Waals surface area (Å²) in [5, 5.41) is 12.8.